The zero-order valence-electron chi connectivity index (χ0n) is 16.6. The molecule has 1 aromatic carbocycles. The van der Waals surface area contributed by atoms with E-state index in [-0.39, 0.29) is 11.2 Å². The van der Waals surface area contributed by atoms with E-state index < -0.39 is 0 Å². The van der Waals surface area contributed by atoms with Crippen LogP contribution in [0.5, 0.6) is 0 Å². The first-order valence-electron chi connectivity index (χ1n) is 10.1. The molecule has 0 spiro atoms. The van der Waals surface area contributed by atoms with Crippen LogP contribution in [0.1, 0.15) is 39.0 Å². The van der Waals surface area contributed by atoms with Crippen molar-refractivity contribution in [1.29, 1.82) is 0 Å². The predicted molar refractivity (Wildman–Crippen MR) is 122 cm³/mol. The van der Waals surface area contributed by atoms with Crippen LogP contribution in [-0.4, -0.2) is 27.7 Å². The van der Waals surface area contributed by atoms with Crippen LogP contribution in [0.4, 0.5) is 0 Å². The Morgan fingerprint density at radius 2 is 2.10 bits per heavy atom. The Kier molecular flexibility index (Phi) is 6.62. The monoisotopic (exact) mass is 423 g/mol. The van der Waals surface area contributed by atoms with Crippen LogP contribution < -0.4 is 5.32 Å². The van der Waals surface area contributed by atoms with Gasteiger partial charge < -0.3 is 5.32 Å². The van der Waals surface area contributed by atoms with Crippen LogP contribution in [-0.2, 0) is 4.79 Å². The Bertz CT molecular complexity index is 1010. The minimum atomic E-state index is -0.200. The molecule has 1 aliphatic carbocycles. The molecule has 0 bridgehead atoms. The number of carbonyl (C=O) groups excluding carboxylic acids is 1. The lowest BCUT2D eigenvalue weighted by Crippen LogP contribution is -2.31. The molecule has 4 nitrogen and oxygen atoms in total. The van der Waals surface area contributed by atoms with E-state index in [0.717, 1.165) is 21.7 Å². The number of hydrogen-bond donors (Lipinski definition) is 1. The second kappa shape index (κ2) is 9.55. The number of fused-ring (bicyclic) bond motifs is 1. The predicted octanol–water partition coefficient (Wildman–Crippen LogP) is 5.85. The van der Waals surface area contributed by atoms with Gasteiger partial charge in [-0.05, 0) is 50.7 Å². The number of nitrogens with one attached hydrogen (secondary N) is 1. The molecule has 3 aromatic rings. The van der Waals surface area contributed by atoms with Crippen molar-refractivity contribution >= 4 is 39.2 Å². The first kappa shape index (κ1) is 20.1. The molecule has 1 aliphatic rings. The summed E-state index contributed by atoms with van der Waals surface area (Å²) in [5, 5.41) is 4.78. The summed E-state index contributed by atoms with van der Waals surface area (Å²) in [6.07, 6.45) is 9.84. The standard InChI is InChI=1S/C23H25N3OS2/c1-16(21(27)24-13-12-17-8-4-2-5-9-17)28-22-19-14-20(18-10-6-3-7-11-18)29-23(19)26-15-25-22/h3,6-8,10-11,14-16H,2,4-5,9,12-13H2,1H3,(H,24,27)/t16-/m0/s1. The van der Waals surface area contributed by atoms with Gasteiger partial charge in [0.15, 0.2) is 0 Å². The molecular weight excluding hydrogens is 398 g/mol. The normalized spacial score (nSPS) is 15.1. The van der Waals surface area contributed by atoms with E-state index in [1.165, 1.54) is 53.5 Å². The van der Waals surface area contributed by atoms with Gasteiger partial charge in [0.05, 0.1) is 5.25 Å². The van der Waals surface area contributed by atoms with E-state index in [4.69, 9.17) is 0 Å². The zero-order valence-corrected chi connectivity index (χ0v) is 18.2. The van der Waals surface area contributed by atoms with Crippen molar-refractivity contribution in [2.24, 2.45) is 0 Å². The number of thioether (sulfide) groups is 1. The number of allylic oxidation sites excluding steroid dienone is 1. The van der Waals surface area contributed by atoms with E-state index in [1.54, 1.807) is 17.7 Å². The summed E-state index contributed by atoms with van der Waals surface area (Å²) >= 11 is 3.16. The van der Waals surface area contributed by atoms with E-state index in [9.17, 15) is 4.79 Å². The number of rotatable bonds is 7. The quantitative estimate of drug-likeness (QED) is 0.294. The molecule has 6 heteroatoms. The van der Waals surface area contributed by atoms with Crippen LogP contribution in [0.25, 0.3) is 20.7 Å². The fourth-order valence-electron chi connectivity index (χ4n) is 3.52. The number of aromatic nitrogens is 2. The number of hydrogen-bond acceptors (Lipinski definition) is 5. The van der Waals surface area contributed by atoms with Gasteiger partial charge in [-0.2, -0.15) is 0 Å². The minimum Gasteiger partial charge on any atom is -0.355 e. The molecule has 4 rings (SSSR count). The molecule has 0 radical (unpaired) electrons. The van der Waals surface area contributed by atoms with Crippen molar-refractivity contribution in [2.45, 2.75) is 49.3 Å². The Morgan fingerprint density at radius 1 is 1.24 bits per heavy atom. The van der Waals surface area contributed by atoms with Gasteiger partial charge in [0.25, 0.3) is 0 Å². The molecule has 2 aromatic heterocycles. The molecule has 1 amide bonds. The Morgan fingerprint density at radius 3 is 2.90 bits per heavy atom. The van der Waals surface area contributed by atoms with Gasteiger partial charge in [0, 0.05) is 16.8 Å². The zero-order chi connectivity index (χ0) is 20.1. The average Bonchev–Trinajstić information content (AvgIpc) is 3.20. The highest BCUT2D eigenvalue weighted by Gasteiger charge is 2.18. The maximum atomic E-state index is 12.6. The fraction of sp³-hybridized carbons (Fsp3) is 0.348. The van der Waals surface area contributed by atoms with Crippen molar-refractivity contribution < 1.29 is 4.79 Å². The molecule has 150 valence electrons. The number of benzene rings is 1. The summed E-state index contributed by atoms with van der Waals surface area (Å²) in [6.45, 7) is 2.66. The SMILES string of the molecule is C[C@H](Sc1ncnc2sc(-c3ccccc3)cc12)C(=O)NCCC1=CCCCC1. The van der Waals surface area contributed by atoms with Gasteiger partial charge in [0.1, 0.15) is 16.2 Å². The summed E-state index contributed by atoms with van der Waals surface area (Å²) in [5.41, 5.74) is 2.66. The molecule has 0 saturated heterocycles. The van der Waals surface area contributed by atoms with Crippen molar-refractivity contribution in [1.82, 2.24) is 15.3 Å². The topological polar surface area (TPSA) is 54.9 Å². The second-order valence-electron chi connectivity index (χ2n) is 7.28. The van der Waals surface area contributed by atoms with E-state index in [0.29, 0.717) is 6.54 Å². The Labute approximate surface area is 179 Å². The largest absolute Gasteiger partial charge is 0.355 e. The third kappa shape index (κ3) is 5.06. The van der Waals surface area contributed by atoms with Crippen molar-refractivity contribution in [3.05, 3.63) is 54.4 Å². The maximum Gasteiger partial charge on any atom is 0.233 e. The third-order valence-electron chi connectivity index (χ3n) is 5.14. The summed E-state index contributed by atoms with van der Waals surface area (Å²) in [7, 11) is 0. The molecule has 1 atom stereocenters. The molecule has 29 heavy (non-hydrogen) atoms. The molecule has 0 saturated carbocycles. The van der Waals surface area contributed by atoms with Gasteiger partial charge in [-0.1, -0.05) is 53.7 Å². The summed E-state index contributed by atoms with van der Waals surface area (Å²) in [5.74, 6) is 0.0664. The van der Waals surface area contributed by atoms with Gasteiger partial charge in [-0.3, -0.25) is 4.79 Å². The number of amides is 1. The lowest BCUT2D eigenvalue weighted by Gasteiger charge is -2.15. The maximum absolute atomic E-state index is 12.6. The lowest BCUT2D eigenvalue weighted by atomic mass is 9.97. The van der Waals surface area contributed by atoms with E-state index in [1.807, 2.05) is 25.1 Å². The van der Waals surface area contributed by atoms with Crippen LogP contribution in [0.15, 0.2) is 59.4 Å². The Balaban J connectivity index is 1.41. The summed E-state index contributed by atoms with van der Waals surface area (Å²) < 4.78 is 0. The number of carbonyl (C=O) groups is 1. The van der Waals surface area contributed by atoms with E-state index in [2.05, 4.69) is 39.6 Å². The molecule has 2 heterocycles. The van der Waals surface area contributed by atoms with Crippen LogP contribution >= 0.6 is 23.1 Å². The fourth-order valence-corrected chi connectivity index (χ4v) is 5.50. The first-order valence-corrected chi connectivity index (χ1v) is 11.8. The van der Waals surface area contributed by atoms with Crippen LogP contribution in [0, 0.1) is 0 Å². The molecule has 1 N–H and O–H groups in total. The number of nitrogens with zero attached hydrogens (tertiary/aromatic N) is 2. The highest BCUT2D eigenvalue weighted by Crippen LogP contribution is 2.37. The third-order valence-corrected chi connectivity index (χ3v) is 7.35. The van der Waals surface area contributed by atoms with E-state index >= 15 is 0 Å². The Hall–Kier alpha value is -2.18. The van der Waals surface area contributed by atoms with Crippen LogP contribution in [0.3, 0.4) is 0 Å². The summed E-state index contributed by atoms with van der Waals surface area (Å²) in [6, 6.07) is 12.4. The van der Waals surface area contributed by atoms with Gasteiger partial charge in [-0.25, -0.2) is 9.97 Å². The lowest BCUT2D eigenvalue weighted by molar-refractivity contribution is -0.120. The molecule has 0 aliphatic heterocycles. The van der Waals surface area contributed by atoms with Gasteiger partial charge in [0.2, 0.25) is 5.91 Å². The molecular formula is C23H25N3OS2. The molecule has 0 unspecified atom stereocenters. The minimum absolute atomic E-state index is 0.0664. The molecule has 0 fully saturated rings. The highest BCUT2D eigenvalue weighted by atomic mass is 32.2. The van der Waals surface area contributed by atoms with Crippen molar-refractivity contribution in [3.63, 3.8) is 0 Å². The summed E-state index contributed by atoms with van der Waals surface area (Å²) in [4.78, 5) is 23.6. The first-order chi connectivity index (χ1) is 14.2. The second-order valence-corrected chi connectivity index (χ2v) is 9.64. The van der Waals surface area contributed by atoms with Gasteiger partial charge >= 0.3 is 0 Å². The highest BCUT2D eigenvalue weighted by molar-refractivity contribution is 8.00. The van der Waals surface area contributed by atoms with Crippen molar-refractivity contribution in [3.8, 4) is 10.4 Å². The smallest absolute Gasteiger partial charge is 0.233 e. The van der Waals surface area contributed by atoms with Crippen molar-refractivity contribution in [2.75, 3.05) is 6.54 Å². The van der Waals surface area contributed by atoms with Crippen LogP contribution in [0.2, 0.25) is 0 Å². The number of thiophene rings is 1. The average molecular weight is 424 g/mol. The van der Waals surface area contributed by atoms with Gasteiger partial charge in [-0.15, -0.1) is 11.3 Å².